The van der Waals surface area contributed by atoms with Gasteiger partial charge < -0.3 is 20.1 Å². The average Bonchev–Trinajstić information content (AvgIpc) is 2.63. The maximum absolute atomic E-state index is 5.69. The number of methoxy groups -OCH3 is 1. The Hall–Kier alpha value is -1.40. The van der Waals surface area contributed by atoms with Gasteiger partial charge in [0.1, 0.15) is 5.75 Å². The zero-order chi connectivity index (χ0) is 17.5. The van der Waals surface area contributed by atoms with Crippen LogP contribution in [0.15, 0.2) is 29.3 Å². The van der Waals surface area contributed by atoms with Crippen LogP contribution in [0.2, 0.25) is 0 Å². The van der Waals surface area contributed by atoms with Gasteiger partial charge in [0.05, 0.1) is 13.7 Å². The van der Waals surface area contributed by atoms with Crippen molar-refractivity contribution < 1.29 is 9.47 Å². The van der Waals surface area contributed by atoms with Gasteiger partial charge in [0.2, 0.25) is 0 Å². The van der Waals surface area contributed by atoms with Crippen molar-refractivity contribution in [3.63, 3.8) is 0 Å². The zero-order valence-corrected chi connectivity index (χ0v) is 16.0. The second kappa shape index (κ2) is 14.0. The van der Waals surface area contributed by atoms with E-state index in [2.05, 4.69) is 21.9 Å². The fourth-order valence-corrected chi connectivity index (χ4v) is 2.58. The number of hydrogen-bond donors (Lipinski definition) is 2. The molecule has 0 amide bonds. The third-order valence-corrected chi connectivity index (χ3v) is 4.17. The topological polar surface area (TPSA) is 54.9 Å². The number of benzene rings is 1. The first kappa shape index (κ1) is 20.6. The number of unbranched alkanes of at least 4 members (excludes halogenated alkanes) is 1. The van der Waals surface area contributed by atoms with E-state index in [1.165, 1.54) is 18.6 Å². The number of nitrogens with one attached hydrogen (secondary N) is 2. The molecule has 0 heterocycles. The quantitative estimate of drug-likeness (QED) is 0.344. The Morgan fingerprint density at radius 3 is 2.42 bits per heavy atom. The molecular weight excluding hydrogens is 322 g/mol. The molecule has 0 fully saturated rings. The Morgan fingerprint density at radius 1 is 1.08 bits per heavy atom. The summed E-state index contributed by atoms with van der Waals surface area (Å²) >= 11 is 1.89. The molecule has 0 bridgehead atoms. The van der Waals surface area contributed by atoms with Gasteiger partial charge in [-0.25, -0.2) is 0 Å². The third kappa shape index (κ3) is 9.67. The number of nitrogens with zero attached hydrogens (tertiary/aromatic N) is 1. The summed E-state index contributed by atoms with van der Waals surface area (Å²) in [5.41, 5.74) is 1.16. The van der Waals surface area contributed by atoms with Crippen molar-refractivity contribution in [2.75, 3.05) is 45.9 Å². The average molecular weight is 354 g/mol. The van der Waals surface area contributed by atoms with Crippen LogP contribution in [0.25, 0.3) is 0 Å². The van der Waals surface area contributed by atoms with Crippen LogP contribution in [0.5, 0.6) is 5.75 Å². The molecule has 136 valence electrons. The lowest BCUT2D eigenvalue weighted by molar-refractivity contribution is 0.119. The predicted molar refractivity (Wildman–Crippen MR) is 104 cm³/mol. The van der Waals surface area contributed by atoms with Gasteiger partial charge in [-0.15, -0.1) is 0 Å². The molecule has 6 heteroatoms. The summed E-state index contributed by atoms with van der Waals surface area (Å²) in [6.07, 6.45) is 5.50. The summed E-state index contributed by atoms with van der Waals surface area (Å²) in [4.78, 5) is 4.22. The monoisotopic (exact) mass is 353 g/mol. The Labute approximate surface area is 150 Å². The molecule has 2 N–H and O–H groups in total. The van der Waals surface area contributed by atoms with E-state index < -0.39 is 0 Å². The molecule has 0 saturated carbocycles. The predicted octanol–water partition coefficient (Wildman–Crippen LogP) is 2.91. The summed E-state index contributed by atoms with van der Waals surface area (Å²) < 4.78 is 10.8. The molecule has 0 aromatic heterocycles. The molecule has 1 rings (SSSR count). The highest BCUT2D eigenvalue weighted by atomic mass is 32.2. The molecule has 0 aliphatic heterocycles. The molecule has 0 aliphatic carbocycles. The molecule has 1 aromatic carbocycles. The standard InChI is InChI=1S/C18H31N3O2S/c1-19-18(20-11-4-5-14-24-3)21-12-6-13-23-15-16-7-9-17(22-2)10-8-16/h7-10H,4-6,11-15H2,1-3H3,(H2,19,20,21). The van der Waals surface area contributed by atoms with E-state index in [0.29, 0.717) is 6.61 Å². The van der Waals surface area contributed by atoms with E-state index in [-0.39, 0.29) is 0 Å². The van der Waals surface area contributed by atoms with Crippen LogP contribution in [0.4, 0.5) is 0 Å². The third-order valence-electron chi connectivity index (χ3n) is 3.48. The van der Waals surface area contributed by atoms with E-state index in [1.807, 2.05) is 36.0 Å². The van der Waals surface area contributed by atoms with Gasteiger partial charge in [0.25, 0.3) is 0 Å². The number of guanidine groups is 1. The van der Waals surface area contributed by atoms with Crippen molar-refractivity contribution in [3.8, 4) is 5.75 Å². The summed E-state index contributed by atoms with van der Waals surface area (Å²) in [5.74, 6) is 2.96. The van der Waals surface area contributed by atoms with E-state index in [1.54, 1.807) is 14.2 Å². The van der Waals surface area contributed by atoms with E-state index in [4.69, 9.17) is 9.47 Å². The van der Waals surface area contributed by atoms with Crippen LogP contribution in [-0.2, 0) is 11.3 Å². The van der Waals surface area contributed by atoms with Crippen LogP contribution in [0.3, 0.4) is 0 Å². The Kier molecular flexibility index (Phi) is 12.0. The SMILES string of the molecule is CN=C(NCCCCSC)NCCCOCc1ccc(OC)cc1. The zero-order valence-electron chi connectivity index (χ0n) is 15.1. The molecule has 0 radical (unpaired) electrons. The number of ether oxygens (including phenoxy) is 2. The summed E-state index contributed by atoms with van der Waals surface area (Å²) in [6.45, 7) is 3.18. The van der Waals surface area contributed by atoms with Gasteiger partial charge in [-0.1, -0.05) is 12.1 Å². The Bertz CT molecular complexity index is 452. The van der Waals surface area contributed by atoms with Crippen molar-refractivity contribution in [2.24, 2.45) is 4.99 Å². The molecule has 0 unspecified atom stereocenters. The van der Waals surface area contributed by atoms with Crippen molar-refractivity contribution in [1.82, 2.24) is 10.6 Å². The fourth-order valence-electron chi connectivity index (χ4n) is 2.09. The summed E-state index contributed by atoms with van der Waals surface area (Å²) in [7, 11) is 3.48. The van der Waals surface area contributed by atoms with Crippen molar-refractivity contribution in [3.05, 3.63) is 29.8 Å². The smallest absolute Gasteiger partial charge is 0.190 e. The molecule has 0 saturated heterocycles. The molecule has 0 atom stereocenters. The molecule has 0 aliphatic rings. The highest BCUT2D eigenvalue weighted by Crippen LogP contribution is 2.11. The minimum atomic E-state index is 0.631. The first-order chi connectivity index (χ1) is 11.8. The largest absolute Gasteiger partial charge is 0.497 e. The highest BCUT2D eigenvalue weighted by Gasteiger charge is 1.98. The lowest BCUT2D eigenvalue weighted by Gasteiger charge is -2.12. The maximum atomic E-state index is 5.69. The molecule has 24 heavy (non-hydrogen) atoms. The van der Waals surface area contributed by atoms with Gasteiger partial charge in [0, 0.05) is 26.7 Å². The molecule has 1 aromatic rings. The minimum absolute atomic E-state index is 0.631. The Morgan fingerprint density at radius 2 is 1.79 bits per heavy atom. The lowest BCUT2D eigenvalue weighted by atomic mass is 10.2. The number of hydrogen-bond acceptors (Lipinski definition) is 4. The molecular formula is C18H31N3O2S. The minimum Gasteiger partial charge on any atom is -0.497 e. The second-order valence-electron chi connectivity index (χ2n) is 5.38. The number of aliphatic imine (C=N–C) groups is 1. The summed E-state index contributed by atoms with van der Waals surface area (Å²) in [5, 5.41) is 6.64. The maximum Gasteiger partial charge on any atom is 0.190 e. The van der Waals surface area contributed by atoms with Crippen LogP contribution in [-0.4, -0.2) is 51.8 Å². The summed E-state index contributed by atoms with van der Waals surface area (Å²) in [6, 6.07) is 7.96. The first-order valence-electron chi connectivity index (χ1n) is 8.44. The highest BCUT2D eigenvalue weighted by molar-refractivity contribution is 7.98. The van der Waals surface area contributed by atoms with Gasteiger partial charge in [-0.2, -0.15) is 11.8 Å². The van der Waals surface area contributed by atoms with E-state index in [9.17, 15) is 0 Å². The second-order valence-corrected chi connectivity index (χ2v) is 6.37. The van der Waals surface area contributed by atoms with Gasteiger partial charge in [0.15, 0.2) is 5.96 Å². The van der Waals surface area contributed by atoms with Crippen LogP contribution < -0.4 is 15.4 Å². The van der Waals surface area contributed by atoms with Crippen LogP contribution in [0.1, 0.15) is 24.8 Å². The molecule has 5 nitrogen and oxygen atoms in total. The lowest BCUT2D eigenvalue weighted by Crippen LogP contribution is -2.38. The van der Waals surface area contributed by atoms with E-state index >= 15 is 0 Å². The van der Waals surface area contributed by atoms with Gasteiger partial charge >= 0.3 is 0 Å². The normalized spacial score (nSPS) is 11.4. The molecule has 0 spiro atoms. The van der Waals surface area contributed by atoms with Crippen molar-refractivity contribution >= 4 is 17.7 Å². The van der Waals surface area contributed by atoms with Crippen molar-refractivity contribution in [2.45, 2.75) is 25.9 Å². The first-order valence-corrected chi connectivity index (χ1v) is 9.83. The van der Waals surface area contributed by atoms with Gasteiger partial charge in [-0.05, 0) is 49.0 Å². The number of rotatable bonds is 12. The Balaban J connectivity index is 2.03. The van der Waals surface area contributed by atoms with Crippen LogP contribution in [0, 0.1) is 0 Å². The van der Waals surface area contributed by atoms with Crippen LogP contribution >= 0.6 is 11.8 Å². The van der Waals surface area contributed by atoms with E-state index in [0.717, 1.165) is 43.4 Å². The number of thioether (sulfide) groups is 1. The van der Waals surface area contributed by atoms with Crippen molar-refractivity contribution in [1.29, 1.82) is 0 Å². The van der Waals surface area contributed by atoms with Gasteiger partial charge in [-0.3, -0.25) is 4.99 Å². The fraction of sp³-hybridized carbons (Fsp3) is 0.611.